The Balaban J connectivity index is 1.39. The van der Waals surface area contributed by atoms with Crippen LogP contribution in [-0.2, 0) is 19.1 Å². The second kappa shape index (κ2) is 10.5. The van der Waals surface area contributed by atoms with Crippen molar-refractivity contribution in [3.63, 3.8) is 0 Å². The Morgan fingerprint density at radius 1 is 1.14 bits per heavy atom. The van der Waals surface area contributed by atoms with Crippen LogP contribution in [0.5, 0.6) is 5.75 Å². The van der Waals surface area contributed by atoms with Crippen LogP contribution in [0.3, 0.4) is 0 Å². The Kier molecular flexibility index (Phi) is 7.30. The van der Waals surface area contributed by atoms with Gasteiger partial charge in [-0.25, -0.2) is 0 Å². The molecule has 2 bridgehead atoms. The van der Waals surface area contributed by atoms with Gasteiger partial charge in [0.25, 0.3) is 0 Å². The zero-order chi connectivity index (χ0) is 26.2. The predicted molar refractivity (Wildman–Crippen MR) is 140 cm³/mol. The standard InChI is InChI=1S/C29H39N3O5/c1-4-6-17-32-25(27(34)31-21-10-8-7-9-18(21)3)29-16-15-22(37-29)23(24(29)28(32)35)26(33)30-19-11-13-20(14-12-19)36-5-2/h11-16,18,21-25H,4-10,17H2,1-3H3,(H,30,33)(H,31,34)/t18-,21+,22+,23-,24+,25+,29+/m1/s1. The summed E-state index contributed by atoms with van der Waals surface area (Å²) >= 11 is 0. The molecule has 0 unspecified atom stereocenters. The number of amides is 3. The Morgan fingerprint density at radius 2 is 1.89 bits per heavy atom. The van der Waals surface area contributed by atoms with Crippen LogP contribution in [0.1, 0.15) is 59.3 Å². The van der Waals surface area contributed by atoms with E-state index < -0.39 is 29.6 Å². The third kappa shape index (κ3) is 4.54. The number of hydrogen-bond acceptors (Lipinski definition) is 5. The van der Waals surface area contributed by atoms with Gasteiger partial charge in [-0.3, -0.25) is 14.4 Å². The summed E-state index contributed by atoms with van der Waals surface area (Å²) < 4.78 is 11.9. The number of carbonyl (C=O) groups excluding carboxylic acids is 3. The van der Waals surface area contributed by atoms with Gasteiger partial charge in [0, 0.05) is 18.3 Å². The Bertz CT molecular complexity index is 1060. The average molecular weight is 510 g/mol. The van der Waals surface area contributed by atoms with E-state index in [-0.39, 0.29) is 23.8 Å². The van der Waals surface area contributed by atoms with Crippen molar-refractivity contribution in [2.45, 2.75) is 83.1 Å². The molecule has 2 saturated heterocycles. The van der Waals surface area contributed by atoms with Gasteiger partial charge < -0.3 is 25.0 Å². The van der Waals surface area contributed by atoms with Gasteiger partial charge >= 0.3 is 0 Å². The fourth-order valence-electron chi connectivity index (χ4n) is 6.66. The maximum atomic E-state index is 13.9. The largest absolute Gasteiger partial charge is 0.494 e. The third-order valence-electron chi connectivity index (χ3n) is 8.55. The molecule has 2 N–H and O–H groups in total. The molecule has 1 aromatic rings. The fraction of sp³-hybridized carbons (Fsp3) is 0.621. The van der Waals surface area contributed by atoms with E-state index >= 15 is 0 Å². The molecule has 7 atom stereocenters. The minimum Gasteiger partial charge on any atom is -0.494 e. The minimum atomic E-state index is -1.11. The van der Waals surface area contributed by atoms with E-state index in [0.717, 1.165) is 37.9 Å². The Morgan fingerprint density at radius 3 is 2.59 bits per heavy atom. The van der Waals surface area contributed by atoms with Gasteiger partial charge in [0.2, 0.25) is 17.7 Å². The summed E-state index contributed by atoms with van der Waals surface area (Å²) in [6.45, 7) is 7.20. The molecule has 37 heavy (non-hydrogen) atoms. The van der Waals surface area contributed by atoms with Crippen LogP contribution in [0, 0.1) is 17.8 Å². The predicted octanol–water partition coefficient (Wildman–Crippen LogP) is 3.67. The van der Waals surface area contributed by atoms with E-state index in [1.807, 2.05) is 19.1 Å². The van der Waals surface area contributed by atoms with Crippen LogP contribution in [0.4, 0.5) is 5.69 Å². The normalized spacial score (nSPS) is 33.9. The second-order valence-corrected chi connectivity index (χ2v) is 10.9. The summed E-state index contributed by atoms with van der Waals surface area (Å²) in [4.78, 5) is 42.9. The van der Waals surface area contributed by atoms with Gasteiger partial charge in [0.05, 0.1) is 24.5 Å². The lowest BCUT2D eigenvalue weighted by Gasteiger charge is -2.36. The number of anilines is 1. The summed E-state index contributed by atoms with van der Waals surface area (Å²) in [7, 11) is 0. The topological polar surface area (TPSA) is 97.0 Å². The van der Waals surface area contributed by atoms with Crippen molar-refractivity contribution in [1.29, 1.82) is 0 Å². The second-order valence-electron chi connectivity index (χ2n) is 10.9. The zero-order valence-electron chi connectivity index (χ0n) is 22.1. The maximum absolute atomic E-state index is 13.9. The highest BCUT2D eigenvalue weighted by Crippen LogP contribution is 2.55. The van der Waals surface area contributed by atoms with E-state index in [9.17, 15) is 14.4 Å². The van der Waals surface area contributed by atoms with Gasteiger partial charge in [-0.05, 0) is 56.4 Å². The molecule has 0 aromatic heterocycles. The highest BCUT2D eigenvalue weighted by atomic mass is 16.5. The monoisotopic (exact) mass is 509 g/mol. The number of nitrogens with one attached hydrogen (secondary N) is 2. The molecule has 1 spiro atoms. The number of hydrogen-bond donors (Lipinski definition) is 2. The number of carbonyl (C=O) groups is 3. The molecule has 4 aliphatic rings. The first-order valence-corrected chi connectivity index (χ1v) is 13.9. The third-order valence-corrected chi connectivity index (χ3v) is 8.55. The summed E-state index contributed by atoms with van der Waals surface area (Å²) in [6, 6.07) is 6.51. The maximum Gasteiger partial charge on any atom is 0.246 e. The molecular weight excluding hydrogens is 470 g/mol. The first-order valence-electron chi connectivity index (χ1n) is 13.9. The van der Waals surface area contributed by atoms with Crippen molar-refractivity contribution >= 4 is 23.4 Å². The molecule has 200 valence electrons. The van der Waals surface area contributed by atoms with Crippen LogP contribution < -0.4 is 15.4 Å². The molecule has 1 aromatic carbocycles. The number of nitrogens with zero attached hydrogens (tertiary/aromatic N) is 1. The van der Waals surface area contributed by atoms with Crippen molar-refractivity contribution in [2.75, 3.05) is 18.5 Å². The molecule has 3 aliphatic heterocycles. The summed E-state index contributed by atoms with van der Waals surface area (Å²) in [5, 5.41) is 6.23. The van der Waals surface area contributed by atoms with Crippen LogP contribution in [0.15, 0.2) is 36.4 Å². The average Bonchev–Trinajstić information content (AvgIpc) is 3.53. The van der Waals surface area contributed by atoms with E-state index in [2.05, 4.69) is 24.5 Å². The Hall–Kier alpha value is -2.87. The number of unbranched alkanes of at least 4 members (excludes halogenated alkanes) is 1. The van der Waals surface area contributed by atoms with Gasteiger partial charge in [-0.1, -0.05) is 45.3 Å². The molecular formula is C29H39N3O5. The quantitative estimate of drug-likeness (QED) is 0.495. The first kappa shape index (κ1) is 25.8. The van der Waals surface area contributed by atoms with Crippen LogP contribution >= 0.6 is 0 Å². The number of ether oxygens (including phenoxy) is 2. The van der Waals surface area contributed by atoms with E-state index in [1.165, 1.54) is 6.42 Å². The molecule has 1 saturated carbocycles. The fourth-order valence-corrected chi connectivity index (χ4v) is 6.66. The van der Waals surface area contributed by atoms with Crippen molar-refractivity contribution < 1.29 is 23.9 Å². The van der Waals surface area contributed by atoms with Gasteiger partial charge in [0.1, 0.15) is 17.4 Å². The van der Waals surface area contributed by atoms with E-state index in [4.69, 9.17) is 9.47 Å². The smallest absolute Gasteiger partial charge is 0.246 e. The van der Waals surface area contributed by atoms with E-state index in [0.29, 0.717) is 24.8 Å². The van der Waals surface area contributed by atoms with Crippen LogP contribution in [0.2, 0.25) is 0 Å². The molecule has 5 rings (SSSR count). The summed E-state index contributed by atoms with van der Waals surface area (Å²) in [5.74, 6) is -0.884. The highest BCUT2D eigenvalue weighted by molar-refractivity contribution is 6.02. The lowest BCUT2D eigenvalue weighted by Crippen LogP contribution is -2.57. The van der Waals surface area contributed by atoms with Crippen LogP contribution in [0.25, 0.3) is 0 Å². The molecule has 1 aliphatic carbocycles. The van der Waals surface area contributed by atoms with Crippen molar-refractivity contribution in [1.82, 2.24) is 10.2 Å². The number of benzene rings is 1. The number of fused-ring (bicyclic) bond motifs is 1. The summed E-state index contributed by atoms with van der Waals surface area (Å²) in [5.41, 5.74) is -0.485. The minimum absolute atomic E-state index is 0.0983. The van der Waals surface area contributed by atoms with Crippen molar-refractivity contribution in [2.24, 2.45) is 17.8 Å². The molecule has 8 heteroatoms. The van der Waals surface area contributed by atoms with Crippen molar-refractivity contribution in [3.8, 4) is 5.75 Å². The van der Waals surface area contributed by atoms with Gasteiger partial charge in [-0.15, -0.1) is 0 Å². The molecule has 8 nitrogen and oxygen atoms in total. The lowest BCUT2D eigenvalue weighted by atomic mass is 9.74. The van der Waals surface area contributed by atoms with Crippen molar-refractivity contribution in [3.05, 3.63) is 36.4 Å². The number of rotatable bonds is 9. The van der Waals surface area contributed by atoms with E-state index in [1.54, 1.807) is 29.2 Å². The SMILES string of the molecule is CCCCN1C(=O)[C@@H]2[C@H](C(=O)Nc3ccc(OCC)cc3)[C@@H]3C=C[C@@]2(O3)[C@@H]1C(=O)N[C@H]1CCCC[C@H]1C. The Labute approximate surface area is 219 Å². The molecule has 3 heterocycles. The first-order chi connectivity index (χ1) is 17.9. The van der Waals surface area contributed by atoms with Crippen LogP contribution in [-0.4, -0.2) is 59.6 Å². The van der Waals surface area contributed by atoms with Gasteiger partial charge in [0.15, 0.2) is 0 Å². The lowest BCUT2D eigenvalue weighted by molar-refractivity contribution is -0.141. The molecule has 0 radical (unpaired) electrons. The zero-order valence-corrected chi connectivity index (χ0v) is 22.1. The summed E-state index contributed by atoms with van der Waals surface area (Å²) in [6.07, 6.45) is 9.21. The molecule has 3 fully saturated rings. The number of likely N-dealkylation sites (tertiary alicyclic amines) is 1. The molecule has 3 amide bonds. The van der Waals surface area contributed by atoms with Gasteiger partial charge in [-0.2, -0.15) is 0 Å². The highest BCUT2D eigenvalue weighted by Gasteiger charge is 2.72.